The molecule has 0 spiro atoms. The fourth-order valence-electron chi connectivity index (χ4n) is 3.00. The van der Waals surface area contributed by atoms with Crippen LogP contribution in [0.15, 0.2) is 35.8 Å². The van der Waals surface area contributed by atoms with Gasteiger partial charge < -0.3 is 5.32 Å². The van der Waals surface area contributed by atoms with Crippen LogP contribution in [0.1, 0.15) is 26.6 Å². The Bertz CT molecular complexity index is 838. The van der Waals surface area contributed by atoms with E-state index in [9.17, 15) is 4.79 Å². The van der Waals surface area contributed by atoms with Gasteiger partial charge in [-0.2, -0.15) is 5.10 Å². The van der Waals surface area contributed by atoms with E-state index in [4.69, 9.17) is 0 Å². The van der Waals surface area contributed by atoms with Crippen LogP contribution in [0.3, 0.4) is 0 Å². The van der Waals surface area contributed by atoms with Crippen LogP contribution in [-0.2, 0) is 19.3 Å². The molecule has 1 amide bonds. The molecule has 0 radical (unpaired) electrons. The third-order valence-electron chi connectivity index (χ3n) is 4.12. The average molecular weight is 324 g/mol. The largest absolute Gasteiger partial charge is 0.350 e. The summed E-state index contributed by atoms with van der Waals surface area (Å²) in [5.41, 5.74) is 4.95. The van der Waals surface area contributed by atoms with E-state index in [1.807, 2.05) is 17.5 Å². The third kappa shape index (κ3) is 2.66. The van der Waals surface area contributed by atoms with Gasteiger partial charge in [0.2, 0.25) is 0 Å². The number of aromatic amines is 1. The maximum atomic E-state index is 12.4. The minimum absolute atomic E-state index is 0.0883. The van der Waals surface area contributed by atoms with Crippen molar-refractivity contribution in [2.75, 3.05) is 6.54 Å². The van der Waals surface area contributed by atoms with Crippen molar-refractivity contribution in [2.45, 2.75) is 19.3 Å². The fourth-order valence-corrected chi connectivity index (χ4v) is 3.62. The number of H-pyrrole nitrogens is 1. The van der Waals surface area contributed by atoms with E-state index in [-0.39, 0.29) is 5.91 Å². The molecule has 0 saturated carbocycles. The first-order valence-electron chi connectivity index (χ1n) is 7.65. The van der Waals surface area contributed by atoms with Crippen LogP contribution >= 0.6 is 11.3 Å². The van der Waals surface area contributed by atoms with Gasteiger partial charge in [-0.1, -0.05) is 24.3 Å². The Morgan fingerprint density at radius 2 is 2.22 bits per heavy atom. The lowest BCUT2D eigenvalue weighted by Gasteiger charge is -2.15. The summed E-state index contributed by atoms with van der Waals surface area (Å²) in [5, 5.41) is 13.2. The molecule has 0 saturated heterocycles. The lowest BCUT2D eigenvalue weighted by Crippen LogP contribution is -2.27. The van der Waals surface area contributed by atoms with Crippen LogP contribution in [0.5, 0.6) is 0 Å². The SMILES string of the molecule is O=C(NCCc1nccs1)c1[nH]nc2c1CCc1ccccc1-2. The van der Waals surface area contributed by atoms with Crippen LogP contribution < -0.4 is 5.32 Å². The smallest absolute Gasteiger partial charge is 0.269 e. The lowest BCUT2D eigenvalue weighted by molar-refractivity contribution is 0.0948. The Labute approximate surface area is 137 Å². The lowest BCUT2D eigenvalue weighted by atomic mass is 9.89. The van der Waals surface area contributed by atoms with Crippen molar-refractivity contribution in [3.63, 3.8) is 0 Å². The summed E-state index contributed by atoms with van der Waals surface area (Å²) in [6.45, 7) is 0.580. The molecule has 23 heavy (non-hydrogen) atoms. The monoisotopic (exact) mass is 324 g/mol. The fraction of sp³-hybridized carbons (Fsp3) is 0.235. The molecule has 0 aliphatic heterocycles. The number of hydrogen-bond acceptors (Lipinski definition) is 4. The number of carbonyl (C=O) groups excluding carboxylic acids is 1. The number of nitrogens with zero attached hydrogens (tertiary/aromatic N) is 2. The van der Waals surface area contributed by atoms with Crippen molar-refractivity contribution in [3.8, 4) is 11.3 Å². The molecular formula is C17H16N4OS. The first-order chi connectivity index (χ1) is 11.3. The molecule has 1 aliphatic carbocycles. The zero-order valence-corrected chi connectivity index (χ0v) is 13.3. The van der Waals surface area contributed by atoms with Crippen LogP contribution in [0.4, 0.5) is 0 Å². The van der Waals surface area contributed by atoms with Crippen molar-refractivity contribution < 1.29 is 4.79 Å². The van der Waals surface area contributed by atoms with Crippen molar-refractivity contribution in [2.24, 2.45) is 0 Å². The molecule has 6 heteroatoms. The molecule has 5 nitrogen and oxygen atoms in total. The number of aryl methyl sites for hydroxylation is 1. The van der Waals surface area contributed by atoms with Gasteiger partial charge in [-0.3, -0.25) is 9.89 Å². The zero-order valence-electron chi connectivity index (χ0n) is 12.5. The summed E-state index contributed by atoms with van der Waals surface area (Å²) in [7, 11) is 0. The first-order valence-corrected chi connectivity index (χ1v) is 8.53. The second kappa shape index (κ2) is 5.96. The predicted octanol–water partition coefficient (Wildman–Crippen LogP) is 2.60. The van der Waals surface area contributed by atoms with E-state index in [0.717, 1.165) is 41.1 Å². The minimum Gasteiger partial charge on any atom is -0.350 e. The van der Waals surface area contributed by atoms with E-state index >= 15 is 0 Å². The van der Waals surface area contributed by atoms with Crippen molar-refractivity contribution in [1.82, 2.24) is 20.5 Å². The molecule has 2 N–H and O–H groups in total. The second-order valence-corrected chi connectivity index (χ2v) is 6.49. The molecule has 0 unspecified atom stereocenters. The molecule has 1 aliphatic rings. The van der Waals surface area contributed by atoms with Gasteiger partial charge in [-0.05, 0) is 18.4 Å². The van der Waals surface area contributed by atoms with E-state index in [2.05, 4.69) is 32.6 Å². The Balaban J connectivity index is 1.50. The standard InChI is InChI=1S/C17H16N4OS/c22-17(19-8-7-14-18-9-10-23-14)16-13-6-5-11-3-1-2-4-12(11)15(13)20-21-16/h1-4,9-10H,5-8H2,(H,19,22)(H,20,21). The topological polar surface area (TPSA) is 70.7 Å². The number of hydrogen-bond donors (Lipinski definition) is 2. The molecular weight excluding hydrogens is 308 g/mol. The number of carbonyl (C=O) groups is 1. The Kier molecular flexibility index (Phi) is 3.67. The summed E-state index contributed by atoms with van der Waals surface area (Å²) in [4.78, 5) is 16.6. The second-order valence-electron chi connectivity index (χ2n) is 5.51. The number of benzene rings is 1. The summed E-state index contributed by atoms with van der Waals surface area (Å²) in [6.07, 6.45) is 4.33. The Morgan fingerprint density at radius 1 is 1.30 bits per heavy atom. The summed E-state index contributed by atoms with van der Waals surface area (Å²) >= 11 is 1.60. The van der Waals surface area contributed by atoms with Crippen LogP contribution in [0.2, 0.25) is 0 Å². The number of aromatic nitrogens is 3. The van der Waals surface area contributed by atoms with Gasteiger partial charge in [0.05, 0.1) is 10.7 Å². The number of fused-ring (bicyclic) bond motifs is 3. The maximum absolute atomic E-state index is 12.4. The molecule has 0 fully saturated rings. The van der Waals surface area contributed by atoms with Crippen LogP contribution in [-0.4, -0.2) is 27.6 Å². The van der Waals surface area contributed by atoms with Crippen molar-refractivity contribution in [3.05, 3.63) is 57.7 Å². The number of nitrogens with one attached hydrogen (secondary N) is 2. The predicted molar refractivity (Wildman–Crippen MR) is 89.6 cm³/mol. The molecule has 1 aromatic carbocycles. The molecule has 3 aromatic rings. The normalized spacial score (nSPS) is 12.5. The first kappa shape index (κ1) is 14.1. The molecule has 4 rings (SSSR count). The summed E-state index contributed by atoms with van der Waals surface area (Å²) in [6, 6.07) is 8.25. The van der Waals surface area contributed by atoms with Crippen LogP contribution in [0, 0.1) is 0 Å². The van der Waals surface area contributed by atoms with E-state index < -0.39 is 0 Å². The highest BCUT2D eigenvalue weighted by Gasteiger charge is 2.24. The van der Waals surface area contributed by atoms with Gasteiger partial charge in [0.15, 0.2) is 0 Å². The highest BCUT2D eigenvalue weighted by atomic mass is 32.1. The van der Waals surface area contributed by atoms with Gasteiger partial charge in [-0.15, -0.1) is 11.3 Å². The van der Waals surface area contributed by atoms with E-state index in [1.54, 1.807) is 17.5 Å². The number of thiazole rings is 1. The highest BCUT2D eigenvalue weighted by molar-refractivity contribution is 7.09. The Hall–Kier alpha value is -2.47. The molecule has 2 heterocycles. The van der Waals surface area contributed by atoms with Gasteiger partial charge >= 0.3 is 0 Å². The minimum atomic E-state index is -0.0883. The van der Waals surface area contributed by atoms with Gasteiger partial charge in [0.25, 0.3) is 5.91 Å². The maximum Gasteiger partial charge on any atom is 0.269 e. The number of amides is 1. The van der Waals surface area contributed by atoms with Gasteiger partial charge in [0, 0.05) is 35.7 Å². The van der Waals surface area contributed by atoms with Gasteiger partial charge in [0.1, 0.15) is 5.69 Å². The molecule has 0 atom stereocenters. The van der Waals surface area contributed by atoms with Crippen molar-refractivity contribution >= 4 is 17.2 Å². The summed E-state index contributed by atoms with van der Waals surface area (Å²) in [5.74, 6) is -0.0883. The molecule has 116 valence electrons. The van der Waals surface area contributed by atoms with Crippen LogP contribution in [0.25, 0.3) is 11.3 Å². The highest BCUT2D eigenvalue weighted by Crippen LogP contribution is 2.33. The summed E-state index contributed by atoms with van der Waals surface area (Å²) < 4.78 is 0. The zero-order chi connectivity index (χ0) is 15.6. The Morgan fingerprint density at radius 3 is 3.09 bits per heavy atom. The molecule has 2 aromatic heterocycles. The van der Waals surface area contributed by atoms with Crippen molar-refractivity contribution in [1.29, 1.82) is 0 Å². The van der Waals surface area contributed by atoms with E-state index in [0.29, 0.717) is 12.2 Å². The van der Waals surface area contributed by atoms with E-state index in [1.165, 1.54) is 5.56 Å². The molecule has 0 bridgehead atoms. The third-order valence-corrected chi connectivity index (χ3v) is 4.96. The number of rotatable bonds is 4. The average Bonchev–Trinajstić information content (AvgIpc) is 3.24. The van der Waals surface area contributed by atoms with Gasteiger partial charge in [-0.25, -0.2) is 4.98 Å². The quantitative estimate of drug-likeness (QED) is 0.775.